The van der Waals surface area contributed by atoms with E-state index < -0.39 is 5.56 Å². The molecule has 130 valence electrons. The van der Waals surface area contributed by atoms with Crippen molar-refractivity contribution in [1.82, 2.24) is 4.68 Å². The van der Waals surface area contributed by atoms with Gasteiger partial charge in [-0.3, -0.25) is 4.79 Å². The van der Waals surface area contributed by atoms with Gasteiger partial charge in [-0.15, -0.1) is 0 Å². The van der Waals surface area contributed by atoms with Crippen LogP contribution >= 0.6 is 0 Å². The Labute approximate surface area is 145 Å². The topological polar surface area (TPSA) is 85.8 Å². The van der Waals surface area contributed by atoms with E-state index in [1.54, 1.807) is 32.0 Å². The minimum atomic E-state index is -0.462. The Balaban J connectivity index is 2.57. The molecule has 1 heterocycles. The van der Waals surface area contributed by atoms with Gasteiger partial charge in [-0.1, -0.05) is 0 Å². The predicted molar refractivity (Wildman–Crippen MR) is 94.0 cm³/mol. The number of pyridine rings is 1. The number of hydrogen-bond donors (Lipinski definition) is 0. The number of rotatable bonds is 5. The molecule has 0 spiro atoms. The second-order valence-electron chi connectivity index (χ2n) is 5.27. The maximum Gasteiger partial charge on any atom is 0.289 e. The Morgan fingerprint density at radius 2 is 1.64 bits per heavy atom. The SMILES string of the molecule is COc1cc(OC)c(OC)cc1C=Nn1c(C)cc(C)c(C#N)c1=O. The van der Waals surface area contributed by atoms with Gasteiger partial charge >= 0.3 is 0 Å². The van der Waals surface area contributed by atoms with Crippen molar-refractivity contribution in [3.63, 3.8) is 0 Å². The maximum atomic E-state index is 12.4. The van der Waals surface area contributed by atoms with E-state index in [2.05, 4.69) is 5.10 Å². The fourth-order valence-electron chi connectivity index (χ4n) is 2.43. The first-order chi connectivity index (χ1) is 12.0. The number of methoxy groups -OCH3 is 3. The minimum absolute atomic E-state index is 0.0713. The molecule has 0 aliphatic carbocycles. The van der Waals surface area contributed by atoms with E-state index in [1.807, 2.05) is 6.07 Å². The lowest BCUT2D eigenvalue weighted by Gasteiger charge is -2.12. The van der Waals surface area contributed by atoms with Gasteiger partial charge in [0.1, 0.15) is 17.4 Å². The first kappa shape index (κ1) is 18.1. The molecule has 2 aromatic rings. The van der Waals surface area contributed by atoms with Crippen molar-refractivity contribution >= 4 is 6.21 Å². The number of aromatic nitrogens is 1. The second kappa shape index (κ2) is 7.53. The summed E-state index contributed by atoms with van der Waals surface area (Å²) < 4.78 is 17.0. The van der Waals surface area contributed by atoms with E-state index >= 15 is 0 Å². The van der Waals surface area contributed by atoms with Crippen LogP contribution in [0.1, 0.15) is 22.4 Å². The summed E-state index contributed by atoms with van der Waals surface area (Å²) in [6, 6.07) is 7.02. The molecule has 0 N–H and O–H groups in total. The first-order valence-electron chi connectivity index (χ1n) is 7.44. The molecule has 0 fully saturated rings. The van der Waals surface area contributed by atoms with Crippen molar-refractivity contribution in [1.29, 1.82) is 5.26 Å². The number of benzene rings is 1. The molecule has 0 saturated heterocycles. The fraction of sp³-hybridized carbons (Fsp3) is 0.278. The summed E-state index contributed by atoms with van der Waals surface area (Å²) >= 11 is 0. The van der Waals surface area contributed by atoms with E-state index in [1.165, 1.54) is 32.2 Å². The molecule has 0 unspecified atom stereocenters. The highest BCUT2D eigenvalue weighted by molar-refractivity contribution is 5.85. The molecule has 7 heteroatoms. The van der Waals surface area contributed by atoms with Crippen molar-refractivity contribution < 1.29 is 14.2 Å². The quantitative estimate of drug-likeness (QED) is 0.779. The minimum Gasteiger partial charge on any atom is -0.496 e. The molecule has 0 radical (unpaired) electrons. The normalized spacial score (nSPS) is 10.6. The van der Waals surface area contributed by atoms with Gasteiger partial charge in [0, 0.05) is 17.3 Å². The third kappa shape index (κ3) is 3.48. The van der Waals surface area contributed by atoms with Gasteiger partial charge in [-0.2, -0.15) is 10.4 Å². The lowest BCUT2D eigenvalue weighted by molar-refractivity contribution is 0.349. The van der Waals surface area contributed by atoms with Crippen LogP contribution in [0.15, 0.2) is 28.1 Å². The average molecular weight is 341 g/mol. The van der Waals surface area contributed by atoms with E-state index in [0.717, 1.165) is 0 Å². The smallest absolute Gasteiger partial charge is 0.289 e. The van der Waals surface area contributed by atoms with Gasteiger partial charge in [0.25, 0.3) is 5.56 Å². The lowest BCUT2D eigenvalue weighted by atomic mass is 10.1. The van der Waals surface area contributed by atoms with Crippen LogP contribution in [-0.4, -0.2) is 32.2 Å². The first-order valence-corrected chi connectivity index (χ1v) is 7.44. The maximum absolute atomic E-state index is 12.4. The predicted octanol–water partition coefficient (Wildman–Crippen LogP) is 2.24. The van der Waals surface area contributed by atoms with Gasteiger partial charge < -0.3 is 14.2 Å². The van der Waals surface area contributed by atoms with Crippen LogP contribution in [0.5, 0.6) is 17.2 Å². The summed E-state index contributed by atoms with van der Waals surface area (Å²) in [6.45, 7) is 3.47. The Bertz CT molecular complexity index is 923. The van der Waals surface area contributed by atoms with E-state index in [-0.39, 0.29) is 5.56 Å². The fourth-order valence-corrected chi connectivity index (χ4v) is 2.43. The lowest BCUT2D eigenvalue weighted by Crippen LogP contribution is -2.22. The highest BCUT2D eigenvalue weighted by Crippen LogP contribution is 2.33. The highest BCUT2D eigenvalue weighted by atomic mass is 16.5. The summed E-state index contributed by atoms with van der Waals surface area (Å²) in [5.74, 6) is 1.54. The zero-order valence-electron chi connectivity index (χ0n) is 14.8. The van der Waals surface area contributed by atoms with Gasteiger partial charge in [0.15, 0.2) is 11.5 Å². The Kier molecular flexibility index (Phi) is 5.45. The number of nitriles is 1. The molecule has 0 atom stereocenters. The zero-order chi connectivity index (χ0) is 18.6. The third-order valence-corrected chi connectivity index (χ3v) is 3.72. The van der Waals surface area contributed by atoms with Crippen molar-refractivity contribution in [2.24, 2.45) is 5.10 Å². The van der Waals surface area contributed by atoms with Crippen molar-refractivity contribution in [2.45, 2.75) is 13.8 Å². The van der Waals surface area contributed by atoms with Crippen LogP contribution in [0.2, 0.25) is 0 Å². The molecule has 0 bridgehead atoms. The molecule has 1 aromatic carbocycles. The van der Waals surface area contributed by atoms with Crippen LogP contribution < -0.4 is 19.8 Å². The Morgan fingerprint density at radius 3 is 2.20 bits per heavy atom. The van der Waals surface area contributed by atoms with Crippen molar-refractivity contribution in [3.05, 3.63) is 50.9 Å². The number of ether oxygens (including phenoxy) is 3. The van der Waals surface area contributed by atoms with Crippen LogP contribution in [0.25, 0.3) is 0 Å². The third-order valence-electron chi connectivity index (χ3n) is 3.72. The van der Waals surface area contributed by atoms with Crippen LogP contribution in [-0.2, 0) is 0 Å². The van der Waals surface area contributed by atoms with Gasteiger partial charge in [0.2, 0.25) is 0 Å². The van der Waals surface area contributed by atoms with Crippen LogP contribution in [0.3, 0.4) is 0 Å². The van der Waals surface area contributed by atoms with Crippen LogP contribution in [0.4, 0.5) is 0 Å². The van der Waals surface area contributed by atoms with Crippen molar-refractivity contribution in [3.8, 4) is 23.3 Å². The van der Waals surface area contributed by atoms with Crippen LogP contribution in [0, 0.1) is 25.2 Å². The highest BCUT2D eigenvalue weighted by Gasteiger charge is 2.12. The summed E-state index contributed by atoms with van der Waals surface area (Å²) in [6.07, 6.45) is 1.48. The summed E-state index contributed by atoms with van der Waals surface area (Å²) in [5.41, 5.74) is 1.46. The molecule has 2 rings (SSSR count). The van der Waals surface area contributed by atoms with E-state index in [9.17, 15) is 4.79 Å². The monoisotopic (exact) mass is 341 g/mol. The largest absolute Gasteiger partial charge is 0.496 e. The summed E-state index contributed by atoms with van der Waals surface area (Å²) in [4.78, 5) is 12.4. The molecule has 25 heavy (non-hydrogen) atoms. The molecule has 0 aliphatic heterocycles. The van der Waals surface area contributed by atoms with Gasteiger partial charge in [-0.25, -0.2) is 4.68 Å². The summed E-state index contributed by atoms with van der Waals surface area (Å²) in [5, 5.41) is 13.4. The molecule has 1 aromatic heterocycles. The van der Waals surface area contributed by atoms with E-state index in [0.29, 0.717) is 34.1 Å². The molecule has 7 nitrogen and oxygen atoms in total. The van der Waals surface area contributed by atoms with Crippen molar-refractivity contribution in [2.75, 3.05) is 21.3 Å². The number of hydrogen-bond acceptors (Lipinski definition) is 6. The van der Waals surface area contributed by atoms with Gasteiger partial charge in [0.05, 0.1) is 27.5 Å². The molecule has 0 amide bonds. The average Bonchev–Trinajstić information content (AvgIpc) is 2.60. The molecular formula is C18H19N3O4. The molecule has 0 aliphatic rings. The van der Waals surface area contributed by atoms with E-state index in [4.69, 9.17) is 19.5 Å². The Morgan fingerprint density at radius 1 is 1.04 bits per heavy atom. The Hall–Kier alpha value is -3.27. The van der Waals surface area contributed by atoms with Gasteiger partial charge in [-0.05, 0) is 31.5 Å². The zero-order valence-corrected chi connectivity index (χ0v) is 14.8. The standard InChI is InChI=1S/C18H19N3O4/c1-11-6-12(2)21(18(22)14(11)9-19)20-10-13-7-16(24-4)17(25-5)8-15(13)23-3/h6-8,10H,1-5H3. The molecular weight excluding hydrogens is 322 g/mol. The second-order valence-corrected chi connectivity index (χ2v) is 5.27. The number of nitrogens with zero attached hydrogens (tertiary/aromatic N) is 3. The summed E-state index contributed by atoms with van der Waals surface area (Å²) in [7, 11) is 4.58. The molecule has 0 saturated carbocycles. The number of aryl methyl sites for hydroxylation is 2.